The zero-order chi connectivity index (χ0) is 14.1. The van der Waals surface area contributed by atoms with Crippen molar-refractivity contribution in [1.29, 1.82) is 0 Å². The molecular weight excluding hydrogens is 298 g/mol. The molecule has 0 amide bonds. The van der Waals surface area contributed by atoms with Gasteiger partial charge in [-0.1, -0.05) is 16.5 Å². The molecule has 6 nitrogen and oxygen atoms in total. The zero-order valence-electron chi connectivity index (χ0n) is 10.8. The van der Waals surface area contributed by atoms with Crippen LogP contribution in [0, 0.1) is 0 Å². The second-order valence-electron chi connectivity index (χ2n) is 4.23. The van der Waals surface area contributed by atoms with Gasteiger partial charge in [0.1, 0.15) is 9.71 Å². The Kier molecular flexibility index (Phi) is 3.41. The Labute approximate surface area is 122 Å². The summed E-state index contributed by atoms with van der Waals surface area (Å²) in [5.74, 6) is 0.146. The summed E-state index contributed by atoms with van der Waals surface area (Å²) in [5.41, 5.74) is 0. The van der Waals surface area contributed by atoms with Crippen LogP contribution < -0.4 is 4.90 Å². The molecule has 0 aromatic carbocycles. The summed E-state index contributed by atoms with van der Waals surface area (Å²) in [6, 6.07) is 3.47. The van der Waals surface area contributed by atoms with Gasteiger partial charge in [0, 0.05) is 20.2 Å². The van der Waals surface area contributed by atoms with Crippen molar-refractivity contribution in [1.82, 2.24) is 10.1 Å². The third-order valence-corrected chi connectivity index (χ3v) is 4.81. The molecular formula is C12H11N3O3S2. The van der Waals surface area contributed by atoms with E-state index in [9.17, 15) is 4.79 Å². The monoisotopic (exact) mass is 309 g/mol. The van der Waals surface area contributed by atoms with E-state index in [2.05, 4.69) is 10.1 Å². The summed E-state index contributed by atoms with van der Waals surface area (Å²) in [4.78, 5) is 19.7. The van der Waals surface area contributed by atoms with Crippen molar-refractivity contribution in [2.45, 2.75) is 6.61 Å². The maximum absolute atomic E-state index is 11.9. The number of carbonyl (C=O) groups excluding carboxylic acids is 1. The standard InChI is InChI=1S/C12H11N3O3S2/c1-15(2)12-14-10-8(20-12)5-9(19-10)11(16)17-6-7-3-4-13-18-7/h3-5H,6H2,1-2H3. The molecule has 0 unspecified atom stereocenters. The van der Waals surface area contributed by atoms with Crippen molar-refractivity contribution in [3.8, 4) is 0 Å². The number of ether oxygens (including phenoxy) is 1. The van der Waals surface area contributed by atoms with Crippen molar-refractivity contribution in [2.75, 3.05) is 19.0 Å². The molecule has 0 aliphatic heterocycles. The number of hydrogen-bond donors (Lipinski definition) is 0. The van der Waals surface area contributed by atoms with Crippen LogP contribution in [0.1, 0.15) is 15.4 Å². The normalized spacial score (nSPS) is 10.9. The Morgan fingerprint density at radius 2 is 2.30 bits per heavy atom. The van der Waals surface area contributed by atoms with Gasteiger partial charge in [-0.05, 0) is 6.07 Å². The smallest absolute Gasteiger partial charge is 0.348 e. The highest BCUT2D eigenvalue weighted by Gasteiger charge is 2.16. The van der Waals surface area contributed by atoms with E-state index in [1.165, 1.54) is 17.5 Å². The number of aromatic nitrogens is 2. The number of anilines is 1. The molecule has 3 aromatic rings. The maximum atomic E-state index is 11.9. The van der Waals surface area contributed by atoms with Crippen LogP contribution in [-0.4, -0.2) is 30.2 Å². The Morgan fingerprint density at radius 3 is 2.95 bits per heavy atom. The first kappa shape index (κ1) is 13.1. The molecule has 0 saturated carbocycles. The lowest BCUT2D eigenvalue weighted by Gasteiger charge is -2.04. The van der Waals surface area contributed by atoms with Gasteiger partial charge >= 0.3 is 5.97 Å². The van der Waals surface area contributed by atoms with Crippen molar-refractivity contribution in [2.24, 2.45) is 0 Å². The first-order valence-corrected chi connectivity index (χ1v) is 7.41. The Hall–Kier alpha value is -1.93. The summed E-state index contributed by atoms with van der Waals surface area (Å²) in [5, 5.41) is 4.47. The van der Waals surface area contributed by atoms with Gasteiger partial charge in [-0.3, -0.25) is 0 Å². The van der Waals surface area contributed by atoms with E-state index >= 15 is 0 Å². The van der Waals surface area contributed by atoms with E-state index in [-0.39, 0.29) is 12.6 Å². The quantitative estimate of drug-likeness (QED) is 0.690. The minimum Gasteiger partial charge on any atom is -0.453 e. The molecule has 0 aliphatic carbocycles. The van der Waals surface area contributed by atoms with E-state index in [1.54, 1.807) is 17.4 Å². The van der Waals surface area contributed by atoms with Crippen molar-refractivity contribution >= 4 is 43.3 Å². The number of thiophene rings is 1. The average molecular weight is 309 g/mol. The fourth-order valence-electron chi connectivity index (χ4n) is 1.54. The minimum atomic E-state index is -0.372. The van der Waals surface area contributed by atoms with Crippen LogP contribution in [0.4, 0.5) is 5.13 Å². The van der Waals surface area contributed by atoms with Gasteiger partial charge in [0.25, 0.3) is 0 Å². The lowest BCUT2D eigenvalue weighted by Crippen LogP contribution is -2.07. The van der Waals surface area contributed by atoms with E-state index < -0.39 is 0 Å². The summed E-state index contributed by atoms with van der Waals surface area (Å²) in [6.45, 7) is 0.0841. The Balaban J connectivity index is 1.73. The fourth-order valence-corrected chi connectivity index (χ4v) is 3.57. The summed E-state index contributed by atoms with van der Waals surface area (Å²) in [7, 11) is 3.88. The number of fused-ring (bicyclic) bond motifs is 1. The van der Waals surface area contributed by atoms with Gasteiger partial charge < -0.3 is 14.2 Å². The molecule has 104 valence electrons. The number of rotatable bonds is 4. The molecule has 3 heterocycles. The molecule has 3 rings (SSSR count). The molecule has 0 bridgehead atoms. The van der Waals surface area contributed by atoms with Crippen LogP contribution >= 0.6 is 22.7 Å². The minimum absolute atomic E-state index is 0.0841. The maximum Gasteiger partial charge on any atom is 0.348 e. The van der Waals surface area contributed by atoms with Crippen LogP contribution in [-0.2, 0) is 11.3 Å². The van der Waals surface area contributed by atoms with Crippen molar-refractivity contribution in [3.05, 3.63) is 29.0 Å². The van der Waals surface area contributed by atoms with Crippen molar-refractivity contribution in [3.63, 3.8) is 0 Å². The molecule has 0 saturated heterocycles. The summed E-state index contributed by atoms with van der Waals surface area (Å²) >= 11 is 2.88. The van der Waals surface area contributed by atoms with Crippen LogP contribution in [0.2, 0.25) is 0 Å². The Bertz CT molecular complexity index is 699. The second kappa shape index (κ2) is 5.22. The molecule has 0 radical (unpaired) electrons. The van der Waals surface area contributed by atoms with Gasteiger partial charge in [0.15, 0.2) is 17.5 Å². The fraction of sp³-hybridized carbons (Fsp3) is 0.250. The van der Waals surface area contributed by atoms with E-state index in [1.807, 2.05) is 25.1 Å². The van der Waals surface area contributed by atoms with Crippen LogP contribution in [0.3, 0.4) is 0 Å². The lowest BCUT2D eigenvalue weighted by molar-refractivity contribution is 0.0443. The van der Waals surface area contributed by atoms with E-state index in [0.717, 1.165) is 14.7 Å². The highest BCUT2D eigenvalue weighted by atomic mass is 32.1. The number of esters is 1. The van der Waals surface area contributed by atoms with Gasteiger partial charge in [-0.2, -0.15) is 0 Å². The van der Waals surface area contributed by atoms with Crippen LogP contribution in [0.15, 0.2) is 22.9 Å². The molecule has 20 heavy (non-hydrogen) atoms. The highest BCUT2D eigenvalue weighted by Crippen LogP contribution is 2.34. The Morgan fingerprint density at radius 1 is 1.45 bits per heavy atom. The van der Waals surface area contributed by atoms with Crippen molar-refractivity contribution < 1.29 is 14.1 Å². The zero-order valence-corrected chi connectivity index (χ0v) is 12.5. The summed E-state index contributed by atoms with van der Waals surface area (Å²) < 4.78 is 11.0. The predicted molar refractivity (Wildman–Crippen MR) is 77.4 cm³/mol. The van der Waals surface area contributed by atoms with Gasteiger partial charge in [-0.15, -0.1) is 11.3 Å². The van der Waals surface area contributed by atoms with E-state index in [0.29, 0.717) is 10.6 Å². The number of carbonyl (C=O) groups is 1. The molecule has 0 spiro atoms. The molecule has 0 N–H and O–H groups in total. The number of nitrogens with zero attached hydrogens (tertiary/aromatic N) is 3. The predicted octanol–water partition coefficient (Wildman–Crippen LogP) is 2.77. The molecule has 0 fully saturated rings. The largest absolute Gasteiger partial charge is 0.453 e. The topological polar surface area (TPSA) is 68.5 Å². The van der Waals surface area contributed by atoms with Crippen LogP contribution in [0.25, 0.3) is 9.53 Å². The van der Waals surface area contributed by atoms with Gasteiger partial charge in [0.2, 0.25) is 0 Å². The third-order valence-electron chi connectivity index (χ3n) is 2.50. The van der Waals surface area contributed by atoms with E-state index in [4.69, 9.17) is 9.26 Å². The van der Waals surface area contributed by atoms with Gasteiger partial charge in [-0.25, -0.2) is 9.78 Å². The molecule has 0 atom stereocenters. The number of thiazole rings is 1. The first-order chi connectivity index (χ1) is 9.63. The second-order valence-corrected chi connectivity index (χ2v) is 6.27. The molecule has 3 aromatic heterocycles. The number of hydrogen-bond acceptors (Lipinski definition) is 8. The lowest BCUT2D eigenvalue weighted by atomic mass is 10.4. The molecule has 0 aliphatic rings. The highest BCUT2D eigenvalue weighted by molar-refractivity contribution is 7.29. The average Bonchev–Trinajstić information content (AvgIpc) is 3.10. The van der Waals surface area contributed by atoms with Gasteiger partial charge in [0.05, 0.1) is 10.9 Å². The third kappa shape index (κ3) is 2.52. The summed E-state index contributed by atoms with van der Waals surface area (Å²) in [6.07, 6.45) is 1.51. The first-order valence-electron chi connectivity index (χ1n) is 5.78. The molecule has 8 heteroatoms. The van der Waals surface area contributed by atoms with Crippen LogP contribution in [0.5, 0.6) is 0 Å². The SMILES string of the molecule is CN(C)c1nc2sc(C(=O)OCc3ccno3)cc2s1.